The van der Waals surface area contributed by atoms with E-state index in [1.54, 1.807) is 11.3 Å². The Balaban J connectivity index is 1.71. The maximum absolute atomic E-state index is 4.41. The number of likely N-dealkylation sites (N-methyl/N-ethyl adjacent to an activating group) is 1. The van der Waals surface area contributed by atoms with Crippen molar-refractivity contribution in [2.24, 2.45) is 0 Å². The molecule has 1 aliphatic heterocycles. The Hall–Kier alpha value is -1.17. The summed E-state index contributed by atoms with van der Waals surface area (Å²) in [5.74, 6) is 0. The molecule has 1 aliphatic rings. The van der Waals surface area contributed by atoms with Gasteiger partial charge in [0.05, 0.1) is 0 Å². The Morgan fingerprint density at radius 1 is 1.40 bits per heavy atom. The first-order valence-corrected chi connectivity index (χ1v) is 8.14. The van der Waals surface area contributed by atoms with Crippen molar-refractivity contribution < 1.29 is 0 Å². The minimum atomic E-state index is 0.687. The summed E-state index contributed by atoms with van der Waals surface area (Å²) < 4.78 is 2.21. The molecule has 20 heavy (non-hydrogen) atoms. The van der Waals surface area contributed by atoms with Gasteiger partial charge in [-0.3, -0.25) is 9.47 Å². The van der Waals surface area contributed by atoms with Gasteiger partial charge < -0.3 is 4.90 Å². The molecule has 1 fully saturated rings. The number of nitrogens with zero attached hydrogens (tertiary/aromatic N) is 4. The molecule has 2 aromatic heterocycles. The molecule has 1 unspecified atom stereocenters. The third-order valence-corrected chi connectivity index (χ3v) is 4.95. The predicted molar refractivity (Wildman–Crippen MR) is 83.4 cm³/mol. The van der Waals surface area contributed by atoms with Crippen molar-refractivity contribution in [3.63, 3.8) is 0 Å². The van der Waals surface area contributed by atoms with Crippen LogP contribution < -0.4 is 0 Å². The maximum Gasteiger partial charge on any atom is 0.193 e. The highest BCUT2D eigenvalue weighted by molar-refractivity contribution is 7.12. The van der Waals surface area contributed by atoms with E-state index >= 15 is 0 Å². The second-order valence-corrected chi connectivity index (χ2v) is 6.34. The van der Waals surface area contributed by atoms with E-state index < -0.39 is 0 Å². The fourth-order valence-corrected chi connectivity index (χ4v) is 3.55. The Kier molecular flexibility index (Phi) is 4.19. The molecule has 3 rings (SSSR count). The van der Waals surface area contributed by atoms with Crippen LogP contribution in [0.5, 0.6) is 0 Å². The van der Waals surface area contributed by atoms with E-state index in [2.05, 4.69) is 51.7 Å². The van der Waals surface area contributed by atoms with Crippen molar-refractivity contribution in [1.82, 2.24) is 19.4 Å². The monoisotopic (exact) mass is 290 g/mol. The van der Waals surface area contributed by atoms with Gasteiger partial charge in [-0.2, -0.15) is 0 Å². The first-order valence-electron chi connectivity index (χ1n) is 7.26. The van der Waals surface area contributed by atoms with Crippen molar-refractivity contribution in [2.45, 2.75) is 25.9 Å². The molecule has 0 radical (unpaired) electrons. The highest BCUT2D eigenvalue weighted by atomic mass is 32.1. The zero-order valence-corrected chi connectivity index (χ0v) is 13.0. The Morgan fingerprint density at radius 3 is 3.05 bits per heavy atom. The Labute approximate surface area is 124 Å². The molecule has 2 aromatic rings. The van der Waals surface area contributed by atoms with E-state index in [0.29, 0.717) is 6.04 Å². The van der Waals surface area contributed by atoms with Crippen LogP contribution in [-0.4, -0.2) is 52.1 Å². The number of aromatic nitrogens is 2. The van der Waals surface area contributed by atoms with Crippen LogP contribution in [-0.2, 0) is 6.54 Å². The topological polar surface area (TPSA) is 24.3 Å². The molecule has 0 spiro atoms. The van der Waals surface area contributed by atoms with Crippen LogP contribution in [0.25, 0.3) is 5.13 Å². The van der Waals surface area contributed by atoms with Crippen LogP contribution in [0.1, 0.15) is 19.0 Å². The van der Waals surface area contributed by atoms with Crippen LogP contribution in [0, 0.1) is 0 Å². The highest BCUT2D eigenvalue weighted by Gasteiger charge is 2.23. The molecule has 108 valence electrons. The molecule has 1 atom stereocenters. The van der Waals surface area contributed by atoms with Crippen molar-refractivity contribution in [3.05, 3.63) is 35.6 Å². The Morgan fingerprint density at radius 2 is 2.30 bits per heavy atom. The van der Waals surface area contributed by atoms with Crippen molar-refractivity contribution in [1.29, 1.82) is 0 Å². The van der Waals surface area contributed by atoms with Gasteiger partial charge in [-0.15, -0.1) is 11.3 Å². The standard InChI is InChI=1S/C15H22N4S/c1-3-13-11-18(9-8-17(13)2)12-14-5-4-7-19(14)15-16-6-10-20-15/h4-7,10,13H,3,8-9,11-12H2,1-2H3. The van der Waals surface area contributed by atoms with Crippen molar-refractivity contribution in [2.75, 3.05) is 26.7 Å². The summed E-state index contributed by atoms with van der Waals surface area (Å²) in [6, 6.07) is 5.01. The van der Waals surface area contributed by atoms with E-state index in [0.717, 1.165) is 31.3 Å². The molecule has 1 saturated heterocycles. The number of thiazole rings is 1. The summed E-state index contributed by atoms with van der Waals surface area (Å²) in [5.41, 5.74) is 1.33. The quantitative estimate of drug-likeness (QED) is 0.864. The first kappa shape index (κ1) is 13.8. The average molecular weight is 290 g/mol. The molecule has 3 heterocycles. The smallest absolute Gasteiger partial charge is 0.193 e. The second kappa shape index (κ2) is 6.08. The molecule has 0 aliphatic carbocycles. The van der Waals surface area contributed by atoms with Crippen LogP contribution >= 0.6 is 11.3 Å². The number of rotatable bonds is 4. The second-order valence-electron chi connectivity index (χ2n) is 5.46. The molecule has 0 N–H and O–H groups in total. The van der Waals surface area contributed by atoms with E-state index in [4.69, 9.17) is 0 Å². The molecule has 5 heteroatoms. The number of hydrogen-bond donors (Lipinski definition) is 0. The number of piperazine rings is 1. The average Bonchev–Trinajstić information content (AvgIpc) is 3.11. The lowest BCUT2D eigenvalue weighted by molar-refractivity contribution is 0.0872. The van der Waals surface area contributed by atoms with E-state index in [1.807, 2.05) is 11.6 Å². The van der Waals surface area contributed by atoms with Crippen LogP contribution in [0.4, 0.5) is 0 Å². The Bertz CT molecular complexity index is 534. The van der Waals surface area contributed by atoms with Gasteiger partial charge in [0.2, 0.25) is 0 Å². The molecule has 0 bridgehead atoms. The summed E-state index contributed by atoms with van der Waals surface area (Å²) in [6.07, 6.45) is 5.20. The SMILES string of the molecule is CCC1CN(Cc2cccn2-c2nccs2)CCN1C. The predicted octanol–water partition coefficient (Wildman–Crippen LogP) is 2.46. The van der Waals surface area contributed by atoms with Gasteiger partial charge in [0.15, 0.2) is 5.13 Å². The third kappa shape index (κ3) is 2.80. The molecule has 0 aromatic carbocycles. The summed E-state index contributed by atoms with van der Waals surface area (Å²) >= 11 is 1.69. The largest absolute Gasteiger partial charge is 0.301 e. The van der Waals surface area contributed by atoms with E-state index in [1.165, 1.54) is 12.1 Å². The molecular formula is C15H22N4S. The lowest BCUT2D eigenvalue weighted by Gasteiger charge is -2.39. The molecular weight excluding hydrogens is 268 g/mol. The first-order chi connectivity index (χ1) is 9.78. The van der Waals surface area contributed by atoms with E-state index in [-0.39, 0.29) is 0 Å². The summed E-state index contributed by atoms with van der Waals surface area (Å²) in [7, 11) is 2.24. The van der Waals surface area contributed by atoms with Gasteiger partial charge >= 0.3 is 0 Å². The van der Waals surface area contributed by atoms with Gasteiger partial charge in [0.1, 0.15) is 0 Å². The fourth-order valence-electron chi connectivity index (χ4n) is 2.89. The van der Waals surface area contributed by atoms with Gasteiger partial charge in [-0.25, -0.2) is 4.98 Å². The van der Waals surface area contributed by atoms with Crippen LogP contribution in [0.15, 0.2) is 29.9 Å². The number of hydrogen-bond acceptors (Lipinski definition) is 4. The van der Waals surface area contributed by atoms with Crippen molar-refractivity contribution in [3.8, 4) is 5.13 Å². The zero-order chi connectivity index (χ0) is 13.9. The minimum absolute atomic E-state index is 0.687. The lowest BCUT2D eigenvalue weighted by Crippen LogP contribution is -2.50. The maximum atomic E-state index is 4.41. The highest BCUT2D eigenvalue weighted by Crippen LogP contribution is 2.18. The molecule has 4 nitrogen and oxygen atoms in total. The summed E-state index contributed by atoms with van der Waals surface area (Å²) in [6.45, 7) is 6.77. The summed E-state index contributed by atoms with van der Waals surface area (Å²) in [5, 5.41) is 3.09. The van der Waals surface area contributed by atoms with Gasteiger partial charge in [-0.1, -0.05) is 6.92 Å². The zero-order valence-electron chi connectivity index (χ0n) is 12.2. The van der Waals surface area contributed by atoms with Crippen molar-refractivity contribution >= 4 is 11.3 Å². The third-order valence-electron chi connectivity index (χ3n) is 4.18. The van der Waals surface area contributed by atoms with E-state index in [9.17, 15) is 0 Å². The van der Waals surface area contributed by atoms with Crippen LogP contribution in [0.3, 0.4) is 0 Å². The van der Waals surface area contributed by atoms with Crippen LogP contribution in [0.2, 0.25) is 0 Å². The lowest BCUT2D eigenvalue weighted by atomic mass is 10.1. The van der Waals surface area contributed by atoms with Gasteiger partial charge in [0.25, 0.3) is 0 Å². The molecule has 0 amide bonds. The van der Waals surface area contributed by atoms with Gasteiger partial charge in [-0.05, 0) is 25.6 Å². The fraction of sp³-hybridized carbons (Fsp3) is 0.533. The van der Waals surface area contributed by atoms with Gasteiger partial charge in [0, 0.05) is 55.7 Å². The minimum Gasteiger partial charge on any atom is -0.301 e. The molecule has 0 saturated carbocycles. The summed E-state index contributed by atoms with van der Waals surface area (Å²) in [4.78, 5) is 9.46. The normalized spacial score (nSPS) is 21.4.